The smallest absolute Gasteiger partial charge is 0.462 e. The summed E-state index contributed by atoms with van der Waals surface area (Å²) in [5.74, 6) is 1.09. The van der Waals surface area contributed by atoms with E-state index in [4.69, 9.17) is 37.0 Å². The summed E-state index contributed by atoms with van der Waals surface area (Å²) in [6.07, 6.45) is 61.0. The number of phosphoric ester groups is 2. The molecule has 19 heteroatoms. The van der Waals surface area contributed by atoms with Gasteiger partial charge in [0, 0.05) is 25.7 Å². The summed E-state index contributed by atoms with van der Waals surface area (Å²) in [6, 6.07) is 0. The molecule has 0 aromatic heterocycles. The molecule has 0 heterocycles. The molecule has 0 aliphatic heterocycles. The third-order valence-corrected chi connectivity index (χ3v) is 22.6. The summed E-state index contributed by atoms with van der Waals surface area (Å²) in [6.45, 7) is 14.3. The molecule has 0 bridgehead atoms. The number of ether oxygens (including phenoxy) is 4. The minimum atomic E-state index is -4.97. The van der Waals surface area contributed by atoms with Crippen molar-refractivity contribution in [1.29, 1.82) is 0 Å². The van der Waals surface area contributed by atoms with Gasteiger partial charge in [-0.1, -0.05) is 383 Å². The van der Waals surface area contributed by atoms with E-state index in [1.165, 1.54) is 231 Å². The van der Waals surface area contributed by atoms with E-state index in [1.54, 1.807) is 0 Å². The van der Waals surface area contributed by atoms with Crippen LogP contribution in [0.1, 0.15) is 434 Å². The van der Waals surface area contributed by atoms with Crippen LogP contribution in [0.4, 0.5) is 0 Å². The molecular weight excluding hydrogens is 1340 g/mol. The molecule has 3 N–H and O–H groups in total. The van der Waals surface area contributed by atoms with Gasteiger partial charge in [-0.15, -0.1) is 0 Å². The Morgan fingerprint density at radius 3 is 0.689 bits per heavy atom. The zero-order valence-electron chi connectivity index (χ0n) is 68.0. The fourth-order valence-electron chi connectivity index (χ4n) is 12.9. The molecule has 17 nitrogen and oxygen atoms in total. The Balaban J connectivity index is 5.24. The van der Waals surface area contributed by atoms with Crippen LogP contribution in [0.2, 0.25) is 0 Å². The molecule has 0 saturated carbocycles. The van der Waals surface area contributed by atoms with E-state index in [-0.39, 0.29) is 25.7 Å². The van der Waals surface area contributed by atoms with Crippen molar-refractivity contribution >= 4 is 39.5 Å². The summed E-state index contributed by atoms with van der Waals surface area (Å²) in [5, 5.41) is 10.7. The first-order valence-corrected chi connectivity index (χ1v) is 46.3. The summed E-state index contributed by atoms with van der Waals surface area (Å²) in [5.41, 5.74) is 0. The van der Waals surface area contributed by atoms with Crippen LogP contribution in [0.3, 0.4) is 0 Å². The Labute approximate surface area is 632 Å². The first-order chi connectivity index (χ1) is 49.7. The van der Waals surface area contributed by atoms with Crippen molar-refractivity contribution in [3.05, 3.63) is 0 Å². The molecule has 0 aromatic carbocycles. The van der Waals surface area contributed by atoms with Crippen LogP contribution in [0, 0.1) is 23.7 Å². The van der Waals surface area contributed by atoms with E-state index in [9.17, 15) is 43.2 Å². The van der Waals surface area contributed by atoms with Crippen LogP contribution in [0.15, 0.2) is 0 Å². The van der Waals surface area contributed by atoms with Crippen molar-refractivity contribution < 1.29 is 80.2 Å². The lowest BCUT2D eigenvalue weighted by Gasteiger charge is -2.21. The zero-order valence-corrected chi connectivity index (χ0v) is 69.7. The fraction of sp³-hybridized carbons (Fsp3) is 0.952. The van der Waals surface area contributed by atoms with Gasteiger partial charge in [-0.05, 0) is 49.4 Å². The molecule has 8 atom stereocenters. The SMILES string of the molecule is CCC(C)CCCCCCCCCCCCCCCCC(=O)OC[C@H](COP(=O)(O)OC[C@@H](O)COP(=O)(O)OC[C@@H](COC(=O)CCCCCCCCC(C)CC)OC(=O)CCCCCCCCCCCCC(C)CC)OC(=O)CCCCCCCCCCCCCCCCCCCCC(C)C. The van der Waals surface area contributed by atoms with E-state index >= 15 is 0 Å². The maximum atomic E-state index is 13.1. The Hall–Kier alpha value is -1.94. The lowest BCUT2D eigenvalue weighted by atomic mass is 9.99. The molecule has 612 valence electrons. The van der Waals surface area contributed by atoms with Crippen LogP contribution in [-0.2, 0) is 65.4 Å². The van der Waals surface area contributed by atoms with Crippen molar-refractivity contribution in [3.8, 4) is 0 Å². The Morgan fingerprint density at radius 1 is 0.272 bits per heavy atom. The number of hydrogen-bond acceptors (Lipinski definition) is 15. The Bertz CT molecular complexity index is 2010. The summed E-state index contributed by atoms with van der Waals surface area (Å²) >= 11 is 0. The molecule has 0 saturated heterocycles. The number of aliphatic hydroxyl groups excluding tert-OH is 1. The Morgan fingerprint density at radius 2 is 0.466 bits per heavy atom. The van der Waals surface area contributed by atoms with Crippen molar-refractivity contribution in [1.82, 2.24) is 0 Å². The first kappa shape index (κ1) is 101. The third kappa shape index (κ3) is 74.0. The van der Waals surface area contributed by atoms with Gasteiger partial charge in [0.05, 0.1) is 26.4 Å². The number of rotatable bonds is 81. The number of carbonyl (C=O) groups excluding carboxylic acids is 4. The Kier molecular flexibility index (Phi) is 71.5. The first-order valence-electron chi connectivity index (χ1n) is 43.3. The highest BCUT2D eigenvalue weighted by Crippen LogP contribution is 2.45. The van der Waals surface area contributed by atoms with Crippen molar-refractivity contribution in [2.75, 3.05) is 39.6 Å². The lowest BCUT2D eigenvalue weighted by Crippen LogP contribution is -2.30. The molecule has 0 spiro atoms. The minimum Gasteiger partial charge on any atom is -0.462 e. The van der Waals surface area contributed by atoms with Gasteiger partial charge in [0.1, 0.15) is 19.3 Å². The normalized spacial score (nSPS) is 14.8. The highest BCUT2D eigenvalue weighted by molar-refractivity contribution is 7.47. The number of carbonyl (C=O) groups is 4. The quantitative estimate of drug-likeness (QED) is 0.0222. The standard InChI is InChI=1S/C84H164O17P2/c1-9-75(6)61-53-45-37-31-25-21-18-19-22-26-33-39-48-56-64-81(86)94-70-79(100-83(88)66-58-50-40-34-27-23-17-15-13-12-14-16-20-24-30-36-44-52-60-74(4)5)72-98-102(90,91)96-68-78(85)69-97-103(92,93)99-73-80(71-95-82(87)65-57-49-43-42-47-55-63-77(8)11-3)101-84(89)67-59-51-41-35-29-28-32-38-46-54-62-76(7)10-2/h74-80,85H,9-73H2,1-8H3,(H,90,91)(H,92,93)/t75?,76?,77?,78-,79-,80-/m1/s1. The molecule has 103 heavy (non-hydrogen) atoms. The van der Waals surface area contributed by atoms with Crippen molar-refractivity contribution in [3.63, 3.8) is 0 Å². The predicted molar refractivity (Wildman–Crippen MR) is 423 cm³/mol. The number of esters is 4. The second-order valence-corrected chi connectivity index (χ2v) is 34.3. The van der Waals surface area contributed by atoms with Gasteiger partial charge in [-0.3, -0.25) is 37.3 Å². The molecule has 0 aliphatic carbocycles. The average Bonchev–Trinajstić information content (AvgIpc) is 0.906. The van der Waals surface area contributed by atoms with Crippen molar-refractivity contribution in [2.45, 2.75) is 453 Å². The van der Waals surface area contributed by atoms with Crippen LogP contribution in [0.25, 0.3) is 0 Å². The van der Waals surface area contributed by atoms with Gasteiger partial charge in [-0.25, -0.2) is 9.13 Å². The minimum absolute atomic E-state index is 0.105. The average molecular weight is 1510 g/mol. The molecule has 0 aliphatic rings. The van der Waals surface area contributed by atoms with Crippen LogP contribution in [0.5, 0.6) is 0 Å². The van der Waals surface area contributed by atoms with Crippen LogP contribution < -0.4 is 0 Å². The summed E-state index contributed by atoms with van der Waals surface area (Å²) in [4.78, 5) is 73.1. The van der Waals surface area contributed by atoms with E-state index < -0.39 is 97.5 Å². The molecule has 5 unspecified atom stereocenters. The second-order valence-electron chi connectivity index (χ2n) is 31.4. The summed E-state index contributed by atoms with van der Waals surface area (Å²) in [7, 11) is -9.93. The van der Waals surface area contributed by atoms with Gasteiger partial charge in [0.15, 0.2) is 12.2 Å². The molecular formula is C84H164O17P2. The molecule has 0 radical (unpaired) electrons. The molecule has 0 aromatic rings. The molecule has 0 rings (SSSR count). The maximum absolute atomic E-state index is 13.1. The zero-order chi connectivity index (χ0) is 76.0. The van der Waals surface area contributed by atoms with Gasteiger partial charge < -0.3 is 33.8 Å². The van der Waals surface area contributed by atoms with Gasteiger partial charge in [0.2, 0.25) is 0 Å². The third-order valence-electron chi connectivity index (χ3n) is 20.7. The van der Waals surface area contributed by atoms with E-state index in [2.05, 4.69) is 55.4 Å². The van der Waals surface area contributed by atoms with Crippen molar-refractivity contribution in [2.24, 2.45) is 23.7 Å². The van der Waals surface area contributed by atoms with E-state index in [1.807, 2.05) is 0 Å². The van der Waals surface area contributed by atoms with Crippen LogP contribution >= 0.6 is 15.6 Å². The molecule has 0 amide bonds. The lowest BCUT2D eigenvalue weighted by molar-refractivity contribution is -0.161. The van der Waals surface area contributed by atoms with Gasteiger partial charge in [0.25, 0.3) is 0 Å². The number of aliphatic hydroxyl groups is 1. The number of unbranched alkanes of at least 4 members (excludes halogenated alkanes) is 44. The van der Waals surface area contributed by atoms with E-state index in [0.717, 1.165) is 120 Å². The topological polar surface area (TPSA) is 237 Å². The highest BCUT2D eigenvalue weighted by Gasteiger charge is 2.30. The number of hydrogen-bond donors (Lipinski definition) is 3. The van der Waals surface area contributed by atoms with E-state index in [0.29, 0.717) is 25.7 Å². The van der Waals surface area contributed by atoms with Gasteiger partial charge >= 0.3 is 39.5 Å². The monoisotopic (exact) mass is 1510 g/mol. The maximum Gasteiger partial charge on any atom is 0.472 e. The predicted octanol–water partition coefficient (Wildman–Crippen LogP) is 25.2. The number of phosphoric acid groups is 2. The second kappa shape index (κ2) is 72.9. The molecule has 0 fully saturated rings. The fourth-order valence-corrected chi connectivity index (χ4v) is 14.4. The highest BCUT2D eigenvalue weighted by atomic mass is 31.2. The summed E-state index contributed by atoms with van der Waals surface area (Å²) < 4.78 is 68.8. The van der Waals surface area contributed by atoms with Crippen LogP contribution in [-0.4, -0.2) is 96.7 Å². The van der Waals surface area contributed by atoms with Gasteiger partial charge in [-0.2, -0.15) is 0 Å². The largest absolute Gasteiger partial charge is 0.472 e.